The minimum absolute atomic E-state index is 0.0785. The minimum atomic E-state index is -0.756. The summed E-state index contributed by atoms with van der Waals surface area (Å²) in [7, 11) is 0. The number of carbonyl (C=O) groups excluding carboxylic acids is 3. The van der Waals surface area contributed by atoms with Crippen LogP contribution in [-0.2, 0) is 25.6 Å². The molecule has 0 aliphatic heterocycles. The van der Waals surface area contributed by atoms with Gasteiger partial charge < -0.3 is 14.0 Å². The monoisotopic (exact) mass is 355 g/mol. The minimum Gasteiger partial charge on any atom is -0.462 e. The van der Waals surface area contributed by atoms with Gasteiger partial charge in [-0.3, -0.25) is 4.79 Å². The molecule has 0 radical (unpaired) electrons. The van der Waals surface area contributed by atoms with Gasteiger partial charge in [0.25, 0.3) is 0 Å². The molecule has 1 aromatic heterocycles. The molecule has 0 saturated heterocycles. The second-order valence-electron chi connectivity index (χ2n) is 5.35. The maximum Gasteiger partial charge on any atom is 0.345 e. The quantitative estimate of drug-likeness (QED) is 0.239. The number of nitrogens with zero attached hydrogens (tertiary/aromatic N) is 1. The number of Topliss-reactive ketones (excluding diaryl/α,β-unsaturated/α-hetero) is 1. The highest BCUT2D eigenvalue weighted by Crippen LogP contribution is 2.13. The molecule has 0 aliphatic carbocycles. The number of hydrogen-bond acceptors (Lipinski definition) is 5. The van der Waals surface area contributed by atoms with Crippen molar-refractivity contribution < 1.29 is 23.9 Å². The van der Waals surface area contributed by atoms with Gasteiger partial charge in [-0.05, 0) is 32.1 Å². The van der Waals surface area contributed by atoms with Crippen molar-refractivity contribution in [1.29, 1.82) is 0 Å². The van der Waals surface area contributed by atoms with Gasteiger partial charge in [-0.1, -0.05) is 30.3 Å². The summed E-state index contributed by atoms with van der Waals surface area (Å²) in [5.41, 5.74) is 0.915. The Morgan fingerprint density at radius 1 is 0.923 bits per heavy atom. The molecule has 0 spiro atoms. The van der Waals surface area contributed by atoms with Gasteiger partial charge in [0.1, 0.15) is 5.57 Å². The number of benzene rings is 1. The number of rotatable bonds is 8. The van der Waals surface area contributed by atoms with E-state index in [0.717, 1.165) is 0 Å². The fourth-order valence-corrected chi connectivity index (χ4v) is 2.34. The molecule has 26 heavy (non-hydrogen) atoms. The fraction of sp³-hybridized carbons (Fsp3) is 0.250. The van der Waals surface area contributed by atoms with Gasteiger partial charge in [-0.25, -0.2) is 9.59 Å². The topological polar surface area (TPSA) is 74.6 Å². The SMILES string of the molecule is CCOC(=O)C(=Cc1cccn1CC(=O)c1ccccc1)C(=O)OCC. The van der Waals surface area contributed by atoms with Gasteiger partial charge >= 0.3 is 11.9 Å². The van der Waals surface area contributed by atoms with Crippen molar-refractivity contribution in [3.8, 4) is 0 Å². The second-order valence-corrected chi connectivity index (χ2v) is 5.35. The smallest absolute Gasteiger partial charge is 0.345 e. The largest absolute Gasteiger partial charge is 0.462 e. The third-order valence-electron chi connectivity index (χ3n) is 3.56. The van der Waals surface area contributed by atoms with Crippen LogP contribution in [-0.4, -0.2) is 35.5 Å². The summed E-state index contributed by atoms with van der Waals surface area (Å²) in [6.45, 7) is 3.68. The van der Waals surface area contributed by atoms with Crippen LogP contribution in [0.4, 0.5) is 0 Å². The van der Waals surface area contributed by atoms with Crippen LogP contribution in [0.2, 0.25) is 0 Å². The summed E-state index contributed by atoms with van der Waals surface area (Å²) >= 11 is 0. The van der Waals surface area contributed by atoms with E-state index >= 15 is 0 Å². The molecule has 0 aliphatic rings. The van der Waals surface area contributed by atoms with E-state index in [1.54, 1.807) is 61.0 Å². The predicted molar refractivity (Wildman–Crippen MR) is 96.4 cm³/mol. The molecule has 2 aromatic rings. The van der Waals surface area contributed by atoms with E-state index in [1.165, 1.54) is 6.08 Å². The molecule has 0 N–H and O–H groups in total. The molecule has 0 atom stereocenters. The highest BCUT2D eigenvalue weighted by molar-refractivity contribution is 6.17. The number of carbonyl (C=O) groups is 3. The average molecular weight is 355 g/mol. The van der Waals surface area contributed by atoms with Crippen LogP contribution < -0.4 is 0 Å². The predicted octanol–water partition coefficient (Wildman–Crippen LogP) is 2.88. The van der Waals surface area contributed by atoms with Crippen molar-refractivity contribution in [2.45, 2.75) is 20.4 Å². The van der Waals surface area contributed by atoms with E-state index in [1.807, 2.05) is 6.07 Å². The Labute approximate surface area is 152 Å². The van der Waals surface area contributed by atoms with Crippen molar-refractivity contribution in [1.82, 2.24) is 4.57 Å². The fourth-order valence-electron chi connectivity index (χ4n) is 2.34. The highest BCUT2D eigenvalue weighted by Gasteiger charge is 2.21. The summed E-state index contributed by atoms with van der Waals surface area (Å²) in [6.07, 6.45) is 3.09. The van der Waals surface area contributed by atoms with Crippen molar-refractivity contribution in [3.63, 3.8) is 0 Å². The Hall–Kier alpha value is -3.15. The lowest BCUT2D eigenvalue weighted by atomic mass is 10.1. The molecule has 1 heterocycles. The second kappa shape index (κ2) is 9.36. The Morgan fingerprint density at radius 2 is 1.54 bits per heavy atom. The molecule has 0 bridgehead atoms. The van der Waals surface area contributed by atoms with E-state index in [9.17, 15) is 14.4 Å². The molecule has 0 fully saturated rings. The number of ketones is 1. The van der Waals surface area contributed by atoms with E-state index in [2.05, 4.69) is 0 Å². The Bertz CT molecular complexity index is 785. The van der Waals surface area contributed by atoms with Crippen LogP contribution in [0.25, 0.3) is 6.08 Å². The zero-order chi connectivity index (χ0) is 18.9. The summed E-state index contributed by atoms with van der Waals surface area (Å²) in [6, 6.07) is 12.3. The summed E-state index contributed by atoms with van der Waals surface area (Å²) < 4.78 is 11.5. The Kier molecular flexibility index (Phi) is 6.91. The Morgan fingerprint density at radius 3 is 2.12 bits per heavy atom. The third-order valence-corrected chi connectivity index (χ3v) is 3.56. The molecule has 2 rings (SSSR count). The van der Waals surface area contributed by atoms with Gasteiger partial charge in [0.2, 0.25) is 0 Å². The first-order chi connectivity index (χ1) is 12.6. The molecule has 1 aromatic carbocycles. The number of aromatic nitrogens is 1. The van der Waals surface area contributed by atoms with E-state index in [-0.39, 0.29) is 31.1 Å². The first-order valence-electron chi connectivity index (χ1n) is 8.36. The van der Waals surface area contributed by atoms with Gasteiger partial charge in [0, 0.05) is 17.5 Å². The van der Waals surface area contributed by atoms with Crippen LogP contribution in [0.5, 0.6) is 0 Å². The summed E-state index contributed by atoms with van der Waals surface area (Å²) in [5, 5.41) is 0. The van der Waals surface area contributed by atoms with Crippen LogP contribution in [0.1, 0.15) is 29.9 Å². The highest BCUT2D eigenvalue weighted by atomic mass is 16.6. The maximum absolute atomic E-state index is 12.4. The zero-order valence-electron chi connectivity index (χ0n) is 14.8. The number of hydrogen-bond donors (Lipinski definition) is 0. The average Bonchev–Trinajstić information content (AvgIpc) is 3.07. The number of ether oxygens (including phenoxy) is 2. The van der Waals surface area contributed by atoms with E-state index in [4.69, 9.17) is 9.47 Å². The number of esters is 2. The van der Waals surface area contributed by atoms with E-state index < -0.39 is 11.9 Å². The summed E-state index contributed by atoms with van der Waals surface area (Å²) in [4.78, 5) is 36.5. The van der Waals surface area contributed by atoms with Gasteiger partial charge in [-0.15, -0.1) is 0 Å². The first-order valence-corrected chi connectivity index (χ1v) is 8.36. The molecule has 6 heteroatoms. The molecule has 0 amide bonds. The van der Waals surface area contributed by atoms with E-state index in [0.29, 0.717) is 11.3 Å². The lowest BCUT2D eigenvalue weighted by Gasteiger charge is -2.09. The van der Waals surface area contributed by atoms with Crippen LogP contribution >= 0.6 is 0 Å². The van der Waals surface area contributed by atoms with Crippen molar-refractivity contribution >= 4 is 23.8 Å². The molecular formula is C20H21NO5. The molecular weight excluding hydrogens is 334 g/mol. The standard InChI is InChI=1S/C20H21NO5/c1-3-25-19(23)17(20(24)26-4-2)13-16-11-8-12-21(16)14-18(22)15-9-6-5-7-10-15/h5-13H,3-4,14H2,1-2H3. The van der Waals surface area contributed by atoms with Crippen molar-refractivity contribution in [2.24, 2.45) is 0 Å². The van der Waals surface area contributed by atoms with Gasteiger partial charge in [0.05, 0.1) is 19.8 Å². The van der Waals surface area contributed by atoms with Crippen LogP contribution in [0.15, 0.2) is 54.2 Å². The lowest BCUT2D eigenvalue weighted by Crippen LogP contribution is -2.19. The van der Waals surface area contributed by atoms with Crippen molar-refractivity contribution in [3.05, 3.63) is 65.5 Å². The first kappa shape index (κ1) is 19.2. The molecule has 6 nitrogen and oxygen atoms in total. The summed E-state index contributed by atoms with van der Waals surface area (Å²) in [5.74, 6) is -1.59. The zero-order valence-corrected chi connectivity index (χ0v) is 14.8. The van der Waals surface area contributed by atoms with Crippen LogP contribution in [0.3, 0.4) is 0 Å². The maximum atomic E-state index is 12.4. The Balaban J connectivity index is 2.28. The van der Waals surface area contributed by atoms with Crippen molar-refractivity contribution in [2.75, 3.05) is 13.2 Å². The molecule has 0 unspecified atom stereocenters. The molecule has 136 valence electrons. The molecule has 0 saturated carbocycles. The van der Waals surface area contributed by atoms with Gasteiger partial charge in [0.15, 0.2) is 5.78 Å². The normalized spacial score (nSPS) is 10.1. The lowest BCUT2D eigenvalue weighted by molar-refractivity contribution is -0.146. The van der Waals surface area contributed by atoms with Gasteiger partial charge in [-0.2, -0.15) is 0 Å². The van der Waals surface area contributed by atoms with Crippen LogP contribution in [0, 0.1) is 0 Å². The third kappa shape index (κ3) is 4.92.